The second-order valence-electron chi connectivity index (χ2n) is 4.03. The molecule has 0 fully saturated rings. The van der Waals surface area contributed by atoms with Crippen LogP contribution >= 0.6 is 0 Å². The Morgan fingerprint density at radius 2 is 2.05 bits per heavy atom. The molecule has 0 saturated heterocycles. The van der Waals surface area contributed by atoms with E-state index >= 15 is 0 Å². The summed E-state index contributed by atoms with van der Waals surface area (Å²) in [6.45, 7) is 1.47. The lowest BCUT2D eigenvalue weighted by molar-refractivity contribution is 0.0950. The number of hydrogen-bond donors (Lipinski definition) is 2. The first-order valence-electron chi connectivity index (χ1n) is 5.70. The summed E-state index contributed by atoms with van der Waals surface area (Å²) in [7, 11) is 1.47. The molecular formula is C13H13FN2O3. The quantitative estimate of drug-likeness (QED) is 0.887. The van der Waals surface area contributed by atoms with E-state index in [0.717, 1.165) is 0 Å². The lowest BCUT2D eigenvalue weighted by Gasteiger charge is -2.04. The Labute approximate surface area is 109 Å². The maximum absolute atomic E-state index is 12.9. The smallest absolute Gasteiger partial charge is 0.257 e. The van der Waals surface area contributed by atoms with Gasteiger partial charge in [0.05, 0.1) is 0 Å². The lowest BCUT2D eigenvalue weighted by Crippen LogP contribution is -2.20. The molecule has 100 valence electrons. The summed E-state index contributed by atoms with van der Waals surface area (Å²) in [5.74, 6) is -0.723. The van der Waals surface area contributed by atoms with E-state index in [1.54, 1.807) is 0 Å². The molecule has 2 aromatic rings. The normalized spacial score (nSPS) is 12.2. The number of halogens is 1. The van der Waals surface area contributed by atoms with Crippen molar-refractivity contribution in [3.05, 3.63) is 41.4 Å². The zero-order valence-corrected chi connectivity index (χ0v) is 10.5. The van der Waals surface area contributed by atoms with E-state index in [9.17, 15) is 14.3 Å². The largest absolute Gasteiger partial charge is 0.385 e. The molecule has 6 heteroatoms. The molecule has 0 spiro atoms. The maximum atomic E-state index is 12.9. The molecule has 0 bridgehead atoms. The molecule has 1 atom stereocenters. The van der Waals surface area contributed by atoms with Gasteiger partial charge in [-0.3, -0.25) is 4.79 Å². The molecule has 19 heavy (non-hydrogen) atoms. The van der Waals surface area contributed by atoms with Gasteiger partial charge in [0, 0.05) is 12.6 Å². The van der Waals surface area contributed by atoms with Crippen molar-refractivity contribution in [1.82, 2.24) is 10.5 Å². The number of aliphatic hydroxyl groups excluding tert-OH is 1. The van der Waals surface area contributed by atoms with Gasteiger partial charge < -0.3 is 14.9 Å². The van der Waals surface area contributed by atoms with Gasteiger partial charge in [-0.2, -0.15) is 0 Å². The van der Waals surface area contributed by atoms with Crippen molar-refractivity contribution >= 4 is 5.91 Å². The number of aliphatic hydroxyl groups is 1. The molecule has 0 aliphatic rings. The van der Waals surface area contributed by atoms with Crippen LogP contribution in [0.3, 0.4) is 0 Å². The van der Waals surface area contributed by atoms with Crippen LogP contribution in [-0.4, -0.2) is 23.2 Å². The van der Waals surface area contributed by atoms with Crippen LogP contribution in [-0.2, 0) is 0 Å². The number of benzene rings is 1. The Morgan fingerprint density at radius 3 is 2.58 bits per heavy atom. The van der Waals surface area contributed by atoms with Crippen molar-refractivity contribution < 1.29 is 18.8 Å². The van der Waals surface area contributed by atoms with Crippen LogP contribution in [0.15, 0.2) is 28.8 Å². The van der Waals surface area contributed by atoms with Crippen LogP contribution in [0.5, 0.6) is 0 Å². The Morgan fingerprint density at radius 1 is 1.42 bits per heavy atom. The average Bonchev–Trinajstić information content (AvgIpc) is 2.83. The second kappa shape index (κ2) is 5.19. The molecule has 1 heterocycles. The van der Waals surface area contributed by atoms with Gasteiger partial charge in [0.15, 0.2) is 5.76 Å². The first-order valence-corrected chi connectivity index (χ1v) is 5.70. The number of nitrogens with zero attached hydrogens (tertiary/aromatic N) is 1. The zero-order valence-electron chi connectivity index (χ0n) is 10.5. The van der Waals surface area contributed by atoms with Gasteiger partial charge >= 0.3 is 0 Å². The highest BCUT2D eigenvalue weighted by Crippen LogP contribution is 2.29. The summed E-state index contributed by atoms with van der Waals surface area (Å²) < 4.78 is 17.9. The molecular weight excluding hydrogens is 251 g/mol. The fourth-order valence-electron chi connectivity index (χ4n) is 1.74. The van der Waals surface area contributed by atoms with E-state index in [2.05, 4.69) is 10.5 Å². The molecule has 5 nitrogen and oxygen atoms in total. The number of carbonyl (C=O) groups excluding carboxylic acids is 1. The number of rotatable bonds is 3. The Kier molecular flexibility index (Phi) is 3.62. The molecule has 1 aromatic heterocycles. The summed E-state index contributed by atoms with van der Waals surface area (Å²) in [5, 5.41) is 15.8. The van der Waals surface area contributed by atoms with Crippen molar-refractivity contribution in [1.29, 1.82) is 0 Å². The van der Waals surface area contributed by atoms with E-state index < -0.39 is 12.0 Å². The summed E-state index contributed by atoms with van der Waals surface area (Å²) in [5.41, 5.74) is 0.968. The highest BCUT2D eigenvalue weighted by molar-refractivity contribution is 6.00. The van der Waals surface area contributed by atoms with Gasteiger partial charge in [0.25, 0.3) is 5.91 Å². The lowest BCUT2D eigenvalue weighted by atomic mass is 10.0. The fraction of sp³-hybridized carbons (Fsp3) is 0.231. The zero-order chi connectivity index (χ0) is 14.0. The van der Waals surface area contributed by atoms with E-state index in [0.29, 0.717) is 5.56 Å². The number of nitrogens with one attached hydrogen (secondary N) is 1. The number of aromatic nitrogens is 1. The van der Waals surface area contributed by atoms with E-state index in [4.69, 9.17) is 4.52 Å². The Balaban J connectivity index is 2.57. The molecule has 0 aliphatic carbocycles. The van der Waals surface area contributed by atoms with Gasteiger partial charge in [-0.15, -0.1) is 0 Å². The van der Waals surface area contributed by atoms with Gasteiger partial charge in [-0.05, 0) is 31.2 Å². The minimum absolute atomic E-state index is 0.0821. The Bertz CT molecular complexity index is 590. The summed E-state index contributed by atoms with van der Waals surface area (Å²) >= 11 is 0. The molecule has 2 N–H and O–H groups in total. The first kappa shape index (κ1) is 13.2. The van der Waals surface area contributed by atoms with Crippen LogP contribution in [0.4, 0.5) is 4.39 Å². The van der Waals surface area contributed by atoms with E-state index in [1.807, 2.05) is 0 Å². The van der Waals surface area contributed by atoms with E-state index in [1.165, 1.54) is 38.2 Å². The fourth-order valence-corrected chi connectivity index (χ4v) is 1.74. The van der Waals surface area contributed by atoms with Crippen LogP contribution in [0.1, 0.15) is 29.1 Å². The highest BCUT2D eigenvalue weighted by atomic mass is 19.1. The molecule has 0 saturated carbocycles. The van der Waals surface area contributed by atoms with Crippen molar-refractivity contribution in [2.45, 2.75) is 13.0 Å². The minimum atomic E-state index is -0.964. The van der Waals surface area contributed by atoms with Crippen LogP contribution in [0.2, 0.25) is 0 Å². The van der Waals surface area contributed by atoms with Crippen molar-refractivity contribution in [3.63, 3.8) is 0 Å². The van der Waals surface area contributed by atoms with Gasteiger partial charge in [0.1, 0.15) is 23.2 Å². The topological polar surface area (TPSA) is 75.4 Å². The van der Waals surface area contributed by atoms with Crippen molar-refractivity contribution in [2.75, 3.05) is 7.05 Å². The summed E-state index contributed by atoms with van der Waals surface area (Å²) in [6.07, 6.45) is -0.964. The molecule has 0 unspecified atom stereocenters. The third-order valence-electron chi connectivity index (χ3n) is 2.67. The van der Waals surface area contributed by atoms with Gasteiger partial charge in [-0.1, -0.05) is 5.16 Å². The minimum Gasteiger partial charge on any atom is -0.385 e. The predicted molar refractivity (Wildman–Crippen MR) is 65.9 cm³/mol. The van der Waals surface area contributed by atoms with E-state index in [-0.39, 0.29) is 22.8 Å². The van der Waals surface area contributed by atoms with Crippen molar-refractivity contribution in [2.24, 2.45) is 0 Å². The molecule has 0 radical (unpaired) electrons. The predicted octanol–water partition coefficient (Wildman–Crippen LogP) is 1.89. The Hall–Kier alpha value is -2.21. The van der Waals surface area contributed by atoms with Gasteiger partial charge in [0.2, 0.25) is 0 Å². The van der Waals surface area contributed by atoms with Crippen LogP contribution in [0.25, 0.3) is 11.3 Å². The molecule has 0 aliphatic heterocycles. The maximum Gasteiger partial charge on any atom is 0.257 e. The SMILES string of the molecule is CNC(=O)c1c(-c2ccc(F)cc2)noc1[C@H](C)O. The highest BCUT2D eigenvalue weighted by Gasteiger charge is 2.25. The van der Waals surface area contributed by atoms with Crippen LogP contribution in [0, 0.1) is 5.82 Å². The summed E-state index contributed by atoms with van der Waals surface area (Å²) in [4.78, 5) is 11.9. The van der Waals surface area contributed by atoms with Gasteiger partial charge in [-0.25, -0.2) is 4.39 Å². The second-order valence-corrected chi connectivity index (χ2v) is 4.03. The number of hydrogen-bond acceptors (Lipinski definition) is 4. The van der Waals surface area contributed by atoms with Crippen molar-refractivity contribution in [3.8, 4) is 11.3 Å². The first-order chi connectivity index (χ1) is 9.04. The molecule has 1 amide bonds. The summed E-state index contributed by atoms with van der Waals surface area (Å²) in [6, 6.07) is 5.51. The molecule has 1 aromatic carbocycles. The monoisotopic (exact) mass is 264 g/mol. The standard InChI is InChI=1S/C13H13FN2O3/c1-7(17)12-10(13(18)15-2)11(16-19-12)8-3-5-9(14)6-4-8/h3-7,17H,1-2H3,(H,15,18)/t7-/m0/s1. The number of carbonyl (C=O) groups is 1. The molecule has 2 rings (SSSR count). The third-order valence-corrected chi connectivity index (χ3v) is 2.67. The number of amides is 1. The third kappa shape index (κ3) is 2.48. The van der Waals surface area contributed by atoms with Crippen LogP contribution < -0.4 is 5.32 Å². The average molecular weight is 264 g/mol.